The summed E-state index contributed by atoms with van der Waals surface area (Å²) in [7, 11) is 0. The highest BCUT2D eigenvalue weighted by atomic mass is 32.2. The monoisotopic (exact) mass is 337 g/mol. The minimum Gasteiger partial charge on any atom is -0.326 e. The third-order valence-corrected chi connectivity index (χ3v) is 4.08. The Hall–Kier alpha value is -2.86. The number of hydrogen-bond donors (Lipinski definition) is 2. The van der Waals surface area contributed by atoms with E-state index in [2.05, 4.69) is 15.6 Å². The van der Waals surface area contributed by atoms with Gasteiger partial charge in [0.05, 0.1) is 10.6 Å². The molecule has 0 spiro atoms. The van der Waals surface area contributed by atoms with Crippen LogP contribution in [0.25, 0.3) is 6.08 Å². The Morgan fingerprint density at radius 1 is 1.12 bits per heavy atom. The Kier molecular flexibility index (Phi) is 4.77. The van der Waals surface area contributed by atoms with Crippen molar-refractivity contribution in [3.63, 3.8) is 0 Å². The van der Waals surface area contributed by atoms with Gasteiger partial charge in [0.1, 0.15) is 0 Å². The van der Waals surface area contributed by atoms with Crippen molar-refractivity contribution in [2.45, 2.75) is 6.92 Å². The van der Waals surface area contributed by atoms with Gasteiger partial charge in [0, 0.05) is 12.6 Å². The van der Waals surface area contributed by atoms with Crippen LogP contribution in [0.4, 0.5) is 11.4 Å². The minimum absolute atomic E-state index is 0.122. The average Bonchev–Trinajstić information content (AvgIpc) is 2.89. The van der Waals surface area contributed by atoms with Gasteiger partial charge in [-0.2, -0.15) is 0 Å². The molecule has 0 aromatic heterocycles. The van der Waals surface area contributed by atoms with E-state index in [-0.39, 0.29) is 11.8 Å². The number of aliphatic imine (C=N–C) groups is 1. The molecule has 0 radical (unpaired) electrons. The van der Waals surface area contributed by atoms with Crippen LogP contribution in [0, 0.1) is 0 Å². The van der Waals surface area contributed by atoms with Crippen LogP contribution in [0.5, 0.6) is 0 Å². The molecule has 1 saturated heterocycles. The lowest BCUT2D eigenvalue weighted by molar-refractivity contribution is -0.115. The molecule has 2 amide bonds. The van der Waals surface area contributed by atoms with Crippen molar-refractivity contribution in [1.29, 1.82) is 0 Å². The van der Waals surface area contributed by atoms with Crippen molar-refractivity contribution in [2.75, 3.05) is 5.32 Å². The Morgan fingerprint density at radius 2 is 1.83 bits per heavy atom. The molecule has 0 aliphatic carbocycles. The van der Waals surface area contributed by atoms with Crippen LogP contribution in [0.15, 0.2) is 64.5 Å². The van der Waals surface area contributed by atoms with E-state index in [9.17, 15) is 9.59 Å². The van der Waals surface area contributed by atoms with E-state index in [0.717, 1.165) is 5.56 Å². The molecule has 2 aromatic rings. The molecular weight excluding hydrogens is 322 g/mol. The molecule has 0 unspecified atom stereocenters. The second-order valence-electron chi connectivity index (χ2n) is 5.12. The molecule has 5 nitrogen and oxygen atoms in total. The normalized spacial score (nSPS) is 17.1. The Balaban J connectivity index is 1.74. The summed E-state index contributed by atoms with van der Waals surface area (Å²) in [6.45, 7) is 1.46. The predicted molar refractivity (Wildman–Crippen MR) is 98.0 cm³/mol. The molecule has 1 aliphatic rings. The quantitative estimate of drug-likeness (QED) is 0.842. The second-order valence-corrected chi connectivity index (χ2v) is 6.15. The number of nitrogens with zero attached hydrogens (tertiary/aromatic N) is 1. The van der Waals surface area contributed by atoms with Gasteiger partial charge in [-0.3, -0.25) is 9.59 Å². The fourth-order valence-corrected chi connectivity index (χ4v) is 2.96. The van der Waals surface area contributed by atoms with Gasteiger partial charge >= 0.3 is 0 Å². The van der Waals surface area contributed by atoms with Gasteiger partial charge in [-0.05, 0) is 47.7 Å². The van der Waals surface area contributed by atoms with Crippen LogP contribution in [0.2, 0.25) is 0 Å². The number of thioether (sulfide) groups is 1. The maximum Gasteiger partial charge on any atom is 0.264 e. The summed E-state index contributed by atoms with van der Waals surface area (Å²) < 4.78 is 0. The number of hydrogen-bond acceptors (Lipinski definition) is 4. The zero-order chi connectivity index (χ0) is 16.9. The topological polar surface area (TPSA) is 70.6 Å². The number of carbonyl (C=O) groups is 2. The van der Waals surface area contributed by atoms with Gasteiger partial charge in [0.15, 0.2) is 5.17 Å². The summed E-state index contributed by atoms with van der Waals surface area (Å²) in [6, 6.07) is 16.8. The molecule has 3 rings (SSSR count). The largest absolute Gasteiger partial charge is 0.326 e. The van der Waals surface area contributed by atoms with Gasteiger partial charge in [0.25, 0.3) is 5.91 Å². The van der Waals surface area contributed by atoms with Crippen molar-refractivity contribution >= 4 is 46.2 Å². The summed E-state index contributed by atoms with van der Waals surface area (Å²) in [4.78, 5) is 28.1. The Labute approximate surface area is 143 Å². The Morgan fingerprint density at radius 3 is 2.50 bits per heavy atom. The van der Waals surface area contributed by atoms with Crippen LogP contribution in [-0.2, 0) is 9.59 Å². The second kappa shape index (κ2) is 7.14. The van der Waals surface area contributed by atoms with Crippen LogP contribution in [0.3, 0.4) is 0 Å². The maximum atomic E-state index is 12.0. The highest BCUT2D eigenvalue weighted by Gasteiger charge is 2.23. The summed E-state index contributed by atoms with van der Waals surface area (Å²) in [5.41, 5.74) is 2.38. The molecule has 1 heterocycles. The molecule has 1 fully saturated rings. The zero-order valence-electron chi connectivity index (χ0n) is 12.9. The number of rotatable bonds is 3. The molecule has 6 heteroatoms. The van der Waals surface area contributed by atoms with E-state index in [1.54, 1.807) is 24.3 Å². The lowest BCUT2D eigenvalue weighted by Gasteiger charge is -2.02. The van der Waals surface area contributed by atoms with Crippen molar-refractivity contribution in [2.24, 2.45) is 4.99 Å². The predicted octanol–water partition coefficient (Wildman–Crippen LogP) is 3.54. The molecule has 2 aromatic carbocycles. The number of amides is 2. The smallest absolute Gasteiger partial charge is 0.264 e. The molecule has 2 N–H and O–H groups in total. The third kappa shape index (κ3) is 4.11. The molecule has 120 valence electrons. The van der Waals surface area contributed by atoms with E-state index in [0.29, 0.717) is 21.4 Å². The number of amidine groups is 1. The van der Waals surface area contributed by atoms with E-state index >= 15 is 0 Å². The van der Waals surface area contributed by atoms with Crippen molar-refractivity contribution in [1.82, 2.24) is 5.32 Å². The molecular formula is C18H15N3O2S. The van der Waals surface area contributed by atoms with E-state index in [1.165, 1.54) is 18.7 Å². The number of carbonyl (C=O) groups excluding carboxylic acids is 2. The van der Waals surface area contributed by atoms with Gasteiger partial charge in [-0.15, -0.1) is 0 Å². The first kappa shape index (κ1) is 16.0. The SMILES string of the molecule is CC(=O)Nc1ccc(N=C2NC(=O)C(=Cc3ccccc3)S2)cc1. The van der Waals surface area contributed by atoms with Crippen LogP contribution >= 0.6 is 11.8 Å². The minimum atomic E-state index is -0.155. The summed E-state index contributed by atoms with van der Waals surface area (Å²) in [5, 5.41) is 5.99. The molecule has 24 heavy (non-hydrogen) atoms. The first-order valence-electron chi connectivity index (χ1n) is 7.32. The standard InChI is InChI=1S/C18H15N3O2S/c1-12(22)19-14-7-9-15(10-8-14)20-18-21-17(23)16(24-18)11-13-5-3-2-4-6-13/h2-11H,1H3,(H,19,22)(H,20,21,23). The van der Waals surface area contributed by atoms with Gasteiger partial charge in [0.2, 0.25) is 5.91 Å². The van der Waals surface area contributed by atoms with Crippen molar-refractivity contribution < 1.29 is 9.59 Å². The average molecular weight is 337 g/mol. The number of benzene rings is 2. The maximum absolute atomic E-state index is 12.0. The van der Waals surface area contributed by atoms with Gasteiger partial charge < -0.3 is 10.6 Å². The van der Waals surface area contributed by atoms with E-state index in [4.69, 9.17) is 0 Å². The van der Waals surface area contributed by atoms with Gasteiger partial charge in [-0.1, -0.05) is 30.3 Å². The van der Waals surface area contributed by atoms with E-state index < -0.39 is 0 Å². The lowest BCUT2D eigenvalue weighted by atomic mass is 10.2. The third-order valence-electron chi connectivity index (χ3n) is 3.17. The molecule has 0 atom stereocenters. The lowest BCUT2D eigenvalue weighted by Crippen LogP contribution is -2.19. The molecule has 0 saturated carbocycles. The van der Waals surface area contributed by atoms with Crippen molar-refractivity contribution in [3.05, 3.63) is 65.1 Å². The fraction of sp³-hybridized carbons (Fsp3) is 0.0556. The summed E-state index contributed by atoms with van der Waals surface area (Å²) >= 11 is 1.30. The number of anilines is 1. The van der Waals surface area contributed by atoms with Gasteiger partial charge in [-0.25, -0.2) is 4.99 Å². The van der Waals surface area contributed by atoms with Crippen LogP contribution in [0.1, 0.15) is 12.5 Å². The Bertz CT molecular complexity index is 827. The molecule has 1 aliphatic heterocycles. The zero-order valence-corrected chi connectivity index (χ0v) is 13.8. The van der Waals surface area contributed by atoms with E-state index in [1.807, 2.05) is 36.4 Å². The van der Waals surface area contributed by atoms with Crippen molar-refractivity contribution in [3.8, 4) is 0 Å². The van der Waals surface area contributed by atoms with Crippen LogP contribution < -0.4 is 10.6 Å². The first-order valence-corrected chi connectivity index (χ1v) is 8.14. The fourth-order valence-electron chi connectivity index (χ4n) is 2.12. The van der Waals surface area contributed by atoms with Crippen LogP contribution in [-0.4, -0.2) is 17.0 Å². The highest BCUT2D eigenvalue weighted by molar-refractivity contribution is 8.18. The highest BCUT2D eigenvalue weighted by Crippen LogP contribution is 2.28. The molecule has 0 bridgehead atoms. The summed E-state index contributed by atoms with van der Waals surface area (Å²) in [5.74, 6) is -0.277. The summed E-state index contributed by atoms with van der Waals surface area (Å²) in [6.07, 6.45) is 1.84. The number of nitrogens with one attached hydrogen (secondary N) is 2. The first-order chi connectivity index (χ1) is 11.6.